The van der Waals surface area contributed by atoms with Crippen LogP contribution in [0, 0.1) is 0 Å². The molecule has 0 aliphatic heterocycles. The quantitative estimate of drug-likeness (QED) is 0.161. The zero-order valence-electron chi connectivity index (χ0n) is 35.5. The highest BCUT2D eigenvalue weighted by molar-refractivity contribution is 6.11. The highest BCUT2D eigenvalue weighted by Crippen LogP contribution is 2.43. The lowest BCUT2D eigenvalue weighted by molar-refractivity contribution is 0.642. The third kappa shape index (κ3) is 5.59. The monoisotopic (exact) mass is 813 g/mol. The van der Waals surface area contributed by atoms with E-state index in [9.17, 15) is 0 Å². The first-order valence-corrected chi connectivity index (χ1v) is 21.5. The van der Waals surface area contributed by atoms with Crippen molar-refractivity contribution in [1.29, 1.82) is 0 Å². The van der Waals surface area contributed by atoms with Crippen LogP contribution in [0.25, 0.3) is 83.0 Å². The molecule has 63 heavy (non-hydrogen) atoms. The molecule has 0 aliphatic rings. The first kappa shape index (κ1) is 36.9. The highest BCUT2D eigenvalue weighted by atomic mass is 15.1. The molecule has 302 valence electrons. The molecule has 12 rings (SSSR count). The number of nitrogens with zero attached hydrogens (tertiary/aromatic N) is 7. The Hall–Kier alpha value is -7.90. The summed E-state index contributed by atoms with van der Waals surface area (Å²) < 4.78 is 6.82. The lowest BCUT2D eigenvalue weighted by Crippen LogP contribution is -2.19. The van der Waals surface area contributed by atoms with Gasteiger partial charge < -0.3 is 0 Å². The van der Waals surface area contributed by atoms with Crippen molar-refractivity contribution in [3.63, 3.8) is 0 Å². The Morgan fingerprint density at radius 3 is 1.02 bits per heavy atom. The summed E-state index contributed by atoms with van der Waals surface area (Å²) in [6.07, 6.45) is 7.38. The van der Waals surface area contributed by atoms with Gasteiger partial charge in [0.2, 0.25) is 5.95 Å². The zero-order valence-corrected chi connectivity index (χ0v) is 35.5. The predicted molar refractivity (Wildman–Crippen MR) is 258 cm³/mol. The number of pyridine rings is 2. The fourth-order valence-electron chi connectivity index (χ4n) is 9.94. The Morgan fingerprint density at radius 2 is 0.635 bits per heavy atom. The van der Waals surface area contributed by atoms with Gasteiger partial charge in [0.1, 0.15) is 11.6 Å². The van der Waals surface area contributed by atoms with Gasteiger partial charge in [-0.3, -0.25) is 13.7 Å². The summed E-state index contributed by atoms with van der Waals surface area (Å²) in [4.78, 5) is 19.3. The predicted octanol–water partition coefficient (Wildman–Crippen LogP) is 13.2. The maximum atomic E-state index is 4.84. The third-order valence-electron chi connectivity index (χ3n) is 13.5. The van der Waals surface area contributed by atoms with Crippen molar-refractivity contribution in [2.45, 2.75) is 38.5 Å². The number of hydrogen-bond donors (Lipinski definition) is 0. The molecule has 0 bridgehead atoms. The Labute approximate surface area is 364 Å². The minimum Gasteiger partial charge on any atom is -0.294 e. The van der Waals surface area contributed by atoms with Crippen molar-refractivity contribution >= 4 is 65.4 Å². The summed E-state index contributed by atoms with van der Waals surface area (Å²) in [6, 6.07) is 59.0. The van der Waals surface area contributed by atoms with Crippen molar-refractivity contribution in [3.8, 4) is 17.6 Å². The fraction of sp³-hybridized carbons (Fsp3) is 0.107. The molecule has 0 unspecified atom stereocenters. The SMILES string of the molecule is CC(C)(c1ccc2c3ccccc3n(-c3ccccn3)c2c1)c1ccc2c3ccc(C(C)(C)c4ccc5c6ccccc6n(-c6ccccn6)c5c4)cc3n(-c3ncccn3)c2c1. The van der Waals surface area contributed by atoms with Gasteiger partial charge in [-0.2, -0.15) is 0 Å². The summed E-state index contributed by atoms with van der Waals surface area (Å²) in [6.45, 7) is 9.28. The Morgan fingerprint density at radius 1 is 0.302 bits per heavy atom. The molecule has 12 aromatic rings. The largest absolute Gasteiger partial charge is 0.294 e. The van der Waals surface area contributed by atoms with Crippen LogP contribution in [0.1, 0.15) is 49.9 Å². The minimum atomic E-state index is -0.351. The van der Waals surface area contributed by atoms with E-state index in [1.807, 2.05) is 43.0 Å². The fourth-order valence-corrected chi connectivity index (χ4v) is 9.94. The first-order valence-electron chi connectivity index (χ1n) is 21.5. The minimum absolute atomic E-state index is 0.351. The Balaban J connectivity index is 1.01. The van der Waals surface area contributed by atoms with Gasteiger partial charge in [0.25, 0.3) is 0 Å². The van der Waals surface area contributed by atoms with Crippen molar-refractivity contribution in [2.24, 2.45) is 0 Å². The lowest BCUT2D eigenvalue weighted by atomic mass is 9.77. The van der Waals surface area contributed by atoms with Gasteiger partial charge >= 0.3 is 0 Å². The molecule has 0 N–H and O–H groups in total. The van der Waals surface area contributed by atoms with Crippen LogP contribution in [0.4, 0.5) is 0 Å². The molecule has 0 radical (unpaired) electrons. The van der Waals surface area contributed by atoms with E-state index in [0.717, 1.165) is 55.5 Å². The normalized spacial score (nSPS) is 12.4. The molecule has 0 atom stereocenters. The van der Waals surface area contributed by atoms with E-state index in [2.05, 4.69) is 187 Å². The first-order chi connectivity index (χ1) is 30.8. The van der Waals surface area contributed by atoms with Crippen LogP contribution in [0.3, 0.4) is 0 Å². The van der Waals surface area contributed by atoms with E-state index in [1.54, 1.807) is 0 Å². The van der Waals surface area contributed by atoms with Crippen LogP contribution in [-0.4, -0.2) is 33.6 Å². The van der Waals surface area contributed by atoms with Gasteiger partial charge in [-0.15, -0.1) is 0 Å². The molecule has 0 aliphatic carbocycles. The molecule has 0 saturated carbocycles. The van der Waals surface area contributed by atoms with E-state index in [-0.39, 0.29) is 10.8 Å². The number of rotatable bonds is 7. The number of aromatic nitrogens is 7. The zero-order chi connectivity index (χ0) is 42.5. The van der Waals surface area contributed by atoms with Gasteiger partial charge in [0, 0.05) is 67.9 Å². The van der Waals surface area contributed by atoms with Crippen molar-refractivity contribution < 1.29 is 0 Å². The second-order valence-electron chi connectivity index (χ2n) is 17.6. The molecule has 7 nitrogen and oxygen atoms in total. The molecule has 7 heteroatoms. The molecule has 0 fully saturated rings. The van der Waals surface area contributed by atoms with E-state index in [4.69, 9.17) is 19.9 Å². The average molecular weight is 814 g/mol. The Kier molecular flexibility index (Phi) is 8.09. The lowest BCUT2D eigenvalue weighted by Gasteiger charge is -2.27. The van der Waals surface area contributed by atoms with Gasteiger partial charge in [0.05, 0.1) is 33.1 Å². The van der Waals surface area contributed by atoms with Gasteiger partial charge in [-0.1, -0.05) is 125 Å². The Bertz CT molecular complexity index is 3500. The van der Waals surface area contributed by atoms with Crippen molar-refractivity contribution in [3.05, 3.63) is 211 Å². The smallest absolute Gasteiger partial charge is 0.234 e. The number of benzene rings is 6. The number of para-hydroxylation sites is 2. The summed E-state index contributed by atoms with van der Waals surface area (Å²) in [5.41, 5.74) is 10.8. The molecular formula is C56H43N7. The maximum Gasteiger partial charge on any atom is 0.234 e. The van der Waals surface area contributed by atoms with Crippen LogP contribution >= 0.6 is 0 Å². The molecular weight excluding hydrogens is 771 g/mol. The average Bonchev–Trinajstić information content (AvgIpc) is 3.97. The summed E-state index contributed by atoms with van der Waals surface area (Å²) in [7, 11) is 0. The van der Waals surface area contributed by atoms with E-state index >= 15 is 0 Å². The second-order valence-corrected chi connectivity index (χ2v) is 17.6. The number of hydrogen-bond acceptors (Lipinski definition) is 4. The number of fused-ring (bicyclic) bond motifs is 9. The molecule has 0 amide bonds. The topological polar surface area (TPSA) is 66.3 Å². The van der Waals surface area contributed by atoms with Crippen LogP contribution in [0.5, 0.6) is 0 Å². The summed E-state index contributed by atoms with van der Waals surface area (Å²) in [5, 5.41) is 7.17. The van der Waals surface area contributed by atoms with Crippen molar-refractivity contribution in [1.82, 2.24) is 33.6 Å². The molecule has 6 aromatic heterocycles. The van der Waals surface area contributed by atoms with Crippen LogP contribution in [0.2, 0.25) is 0 Å². The van der Waals surface area contributed by atoms with Gasteiger partial charge in [0.15, 0.2) is 0 Å². The van der Waals surface area contributed by atoms with Crippen LogP contribution in [0.15, 0.2) is 189 Å². The van der Waals surface area contributed by atoms with Gasteiger partial charge in [-0.25, -0.2) is 19.9 Å². The highest BCUT2D eigenvalue weighted by Gasteiger charge is 2.29. The van der Waals surface area contributed by atoms with E-state index in [0.29, 0.717) is 5.95 Å². The standard InChI is InChI=1S/C56H43N7/c1-55(2,36-20-24-42-40-14-5-7-16-46(40)61(48(42)32-36)52-18-9-11-28-57-52)38-22-26-44-45-27-23-39(35-51(45)63(50(44)34-38)54-59-30-13-31-60-54)56(3,4)37-21-25-43-41-15-6-8-17-47(41)62(49(43)33-37)53-19-10-12-29-58-53/h5-35H,1-4H3. The van der Waals surface area contributed by atoms with E-state index < -0.39 is 0 Å². The van der Waals surface area contributed by atoms with E-state index in [1.165, 1.54) is 43.8 Å². The molecule has 6 heterocycles. The molecule has 0 spiro atoms. The molecule has 6 aromatic carbocycles. The van der Waals surface area contributed by atoms with Crippen molar-refractivity contribution in [2.75, 3.05) is 0 Å². The molecule has 0 saturated heterocycles. The summed E-state index contributed by atoms with van der Waals surface area (Å²) >= 11 is 0. The third-order valence-corrected chi connectivity index (χ3v) is 13.5. The van der Waals surface area contributed by atoms with Crippen LogP contribution in [-0.2, 0) is 10.8 Å². The second kappa shape index (κ2) is 13.8. The van der Waals surface area contributed by atoms with Gasteiger partial charge in [-0.05, 0) is 89.0 Å². The summed E-state index contributed by atoms with van der Waals surface area (Å²) in [5.74, 6) is 2.46. The maximum absolute atomic E-state index is 4.84. The van der Waals surface area contributed by atoms with Crippen LogP contribution < -0.4 is 0 Å².